The van der Waals surface area contributed by atoms with Crippen LogP contribution in [0.1, 0.15) is 21.5 Å². The van der Waals surface area contributed by atoms with Crippen LogP contribution < -0.4 is 10.6 Å². The summed E-state index contributed by atoms with van der Waals surface area (Å²) in [6, 6.07) is 12.9. The summed E-state index contributed by atoms with van der Waals surface area (Å²) in [5.41, 5.74) is 4.35. The topological polar surface area (TPSA) is 66.9 Å². The molecule has 0 aliphatic heterocycles. The SMILES string of the molecule is Cc1ccc(Nc2ncc(C(=O)Nc3ccc(Cl)cc3)cn2)cc1C. The number of nitrogens with one attached hydrogen (secondary N) is 2. The highest BCUT2D eigenvalue weighted by Gasteiger charge is 2.08. The Bertz CT molecular complexity index is 892. The van der Waals surface area contributed by atoms with E-state index >= 15 is 0 Å². The highest BCUT2D eigenvalue weighted by atomic mass is 35.5. The average molecular weight is 353 g/mol. The molecule has 126 valence electrons. The van der Waals surface area contributed by atoms with E-state index < -0.39 is 0 Å². The minimum absolute atomic E-state index is 0.278. The van der Waals surface area contributed by atoms with Crippen molar-refractivity contribution in [1.82, 2.24) is 9.97 Å². The van der Waals surface area contributed by atoms with Crippen LogP contribution in [0.25, 0.3) is 0 Å². The molecule has 0 unspecified atom stereocenters. The number of carbonyl (C=O) groups excluding carboxylic acids is 1. The van der Waals surface area contributed by atoms with Crippen LogP contribution in [0.4, 0.5) is 17.3 Å². The van der Waals surface area contributed by atoms with Gasteiger partial charge in [-0.2, -0.15) is 0 Å². The van der Waals surface area contributed by atoms with E-state index in [0.717, 1.165) is 5.69 Å². The lowest BCUT2D eigenvalue weighted by molar-refractivity contribution is 0.102. The zero-order valence-electron chi connectivity index (χ0n) is 13.9. The van der Waals surface area contributed by atoms with E-state index in [2.05, 4.69) is 27.5 Å². The molecule has 5 nitrogen and oxygen atoms in total. The molecule has 2 aromatic carbocycles. The average Bonchev–Trinajstić information content (AvgIpc) is 2.61. The maximum atomic E-state index is 12.2. The Balaban J connectivity index is 1.67. The molecule has 0 bridgehead atoms. The second-order valence-electron chi connectivity index (χ2n) is 5.68. The molecule has 0 saturated heterocycles. The zero-order valence-corrected chi connectivity index (χ0v) is 14.6. The molecule has 3 rings (SSSR count). The van der Waals surface area contributed by atoms with Crippen molar-refractivity contribution in [3.8, 4) is 0 Å². The first kappa shape index (κ1) is 16.9. The van der Waals surface area contributed by atoms with E-state index in [1.807, 2.05) is 25.1 Å². The third-order valence-corrected chi connectivity index (χ3v) is 4.03. The molecule has 0 atom stereocenters. The summed E-state index contributed by atoms with van der Waals surface area (Å²) in [7, 11) is 0. The quantitative estimate of drug-likeness (QED) is 0.711. The molecule has 1 aromatic heterocycles. The van der Waals surface area contributed by atoms with Crippen molar-refractivity contribution in [3.63, 3.8) is 0 Å². The summed E-state index contributed by atoms with van der Waals surface area (Å²) in [5.74, 6) is 0.159. The molecule has 0 spiro atoms. The number of hydrogen-bond acceptors (Lipinski definition) is 4. The highest BCUT2D eigenvalue weighted by molar-refractivity contribution is 6.30. The Morgan fingerprint density at radius 1 is 0.920 bits per heavy atom. The molecule has 0 aliphatic rings. The maximum Gasteiger partial charge on any atom is 0.258 e. The van der Waals surface area contributed by atoms with Crippen molar-refractivity contribution in [2.24, 2.45) is 0 Å². The minimum atomic E-state index is -0.278. The first-order chi connectivity index (χ1) is 12.0. The molecule has 0 radical (unpaired) electrons. The Labute approximate surface area is 151 Å². The van der Waals surface area contributed by atoms with Gasteiger partial charge >= 0.3 is 0 Å². The molecule has 1 heterocycles. The Kier molecular flexibility index (Phi) is 4.95. The molecule has 0 fully saturated rings. The molecular formula is C19H17ClN4O. The summed E-state index contributed by atoms with van der Waals surface area (Å²) >= 11 is 5.83. The summed E-state index contributed by atoms with van der Waals surface area (Å²) in [6.07, 6.45) is 2.98. The smallest absolute Gasteiger partial charge is 0.258 e. The lowest BCUT2D eigenvalue weighted by atomic mass is 10.1. The standard InChI is InChI=1S/C19H17ClN4O/c1-12-3-6-17(9-13(12)2)24-19-21-10-14(11-22-19)18(25)23-16-7-4-15(20)5-8-16/h3-11H,1-2H3,(H,23,25)(H,21,22,24). The van der Waals surface area contributed by atoms with Gasteiger partial charge in [0.1, 0.15) is 0 Å². The van der Waals surface area contributed by atoms with Crippen LogP contribution in [-0.4, -0.2) is 15.9 Å². The van der Waals surface area contributed by atoms with Gasteiger partial charge in [0.15, 0.2) is 0 Å². The van der Waals surface area contributed by atoms with E-state index in [-0.39, 0.29) is 5.91 Å². The Hall–Kier alpha value is -2.92. The van der Waals surface area contributed by atoms with E-state index in [1.165, 1.54) is 23.5 Å². The fourth-order valence-electron chi connectivity index (χ4n) is 2.19. The van der Waals surface area contributed by atoms with Gasteiger partial charge in [0.05, 0.1) is 5.56 Å². The maximum absolute atomic E-state index is 12.2. The van der Waals surface area contributed by atoms with Crippen LogP contribution in [-0.2, 0) is 0 Å². The molecule has 0 saturated carbocycles. The zero-order chi connectivity index (χ0) is 17.8. The van der Waals surface area contributed by atoms with Crippen LogP contribution in [0.3, 0.4) is 0 Å². The van der Waals surface area contributed by atoms with Crippen LogP contribution in [0.15, 0.2) is 54.9 Å². The second-order valence-corrected chi connectivity index (χ2v) is 6.12. The van der Waals surface area contributed by atoms with Gasteiger partial charge in [-0.25, -0.2) is 9.97 Å². The van der Waals surface area contributed by atoms with Gasteiger partial charge in [0.25, 0.3) is 5.91 Å². The second kappa shape index (κ2) is 7.32. The van der Waals surface area contributed by atoms with Gasteiger partial charge in [0, 0.05) is 28.8 Å². The van der Waals surface area contributed by atoms with Gasteiger partial charge in [0.2, 0.25) is 5.95 Å². The van der Waals surface area contributed by atoms with E-state index in [1.54, 1.807) is 24.3 Å². The number of anilines is 3. The van der Waals surface area contributed by atoms with Gasteiger partial charge < -0.3 is 10.6 Å². The van der Waals surface area contributed by atoms with Crippen molar-refractivity contribution in [2.75, 3.05) is 10.6 Å². The van der Waals surface area contributed by atoms with Gasteiger partial charge in [-0.3, -0.25) is 4.79 Å². The van der Waals surface area contributed by atoms with E-state index in [4.69, 9.17) is 11.6 Å². The molecule has 2 N–H and O–H groups in total. The van der Waals surface area contributed by atoms with Crippen molar-refractivity contribution in [3.05, 3.63) is 76.6 Å². The highest BCUT2D eigenvalue weighted by Crippen LogP contribution is 2.18. The third-order valence-electron chi connectivity index (χ3n) is 3.78. The summed E-state index contributed by atoms with van der Waals surface area (Å²) in [4.78, 5) is 20.6. The van der Waals surface area contributed by atoms with Crippen LogP contribution >= 0.6 is 11.6 Å². The monoisotopic (exact) mass is 352 g/mol. The lowest BCUT2D eigenvalue weighted by Gasteiger charge is -2.08. The molecular weight excluding hydrogens is 336 g/mol. The van der Waals surface area contributed by atoms with Crippen molar-refractivity contribution in [1.29, 1.82) is 0 Å². The van der Waals surface area contributed by atoms with Crippen LogP contribution in [0.5, 0.6) is 0 Å². The van der Waals surface area contributed by atoms with Crippen molar-refractivity contribution >= 4 is 34.8 Å². The Morgan fingerprint density at radius 2 is 1.56 bits per heavy atom. The van der Waals surface area contributed by atoms with Gasteiger partial charge in [-0.1, -0.05) is 17.7 Å². The first-order valence-corrected chi connectivity index (χ1v) is 8.12. The summed E-state index contributed by atoms with van der Waals surface area (Å²) in [6.45, 7) is 4.11. The minimum Gasteiger partial charge on any atom is -0.324 e. The normalized spacial score (nSPS) is 10.4. The molecule has 1 amide bonds. The fourth-order valence-corrected chi connectivity index (χ4v) is 2.32. The predicted molar refractivity (Wildman–Crippen MR) is 101 cm³/mol. The number of nitrogens with zero attached hydrogens (tertiary/aromatic N) is 2. The largest absolute Gasteiger partial charge is 0.324 e. The molecule has 25 heavy (non-hydrogen) atoms. The number of carbonyl (C=O) groups is 1. The molecule has 0 aliphatic carbocycles. The number of hydrogen-bond donors (Lipinski definition) is 2. The van der Waals surface area contributed by atoms with Crippen LogP contribution in [0.2, 0.25) is 5.02 Å². The van der Waals surface area contributed by atoms with Crippen molar-refractivity contribution < 1.29 is 4.79 Å². The number of benzene rings is 2. The number of aromatic nitrogens is 2. The summed E-state index contributed by atoms with van der Waals surface area (Å²) in [5, 5.41) is 6.51. The number of aryl methyl sites for hydroxylation is 2. The molecule has 3 aromatic rings. The summed E-state index contributed by atoms with van der Waals surface area (Å²) < 4.78 is 0. The van der Waals surface area contributed by atoms with E-state index in [0.29, 0.717) is 22.2 Å². The van der Waals surface area contributed by atoms with Gasteiger partial charge in [-0.05, 0) is 61.4 Å². The number of halogens is 1. The van der Waals surface area contributed by atoms with Crippen LogP contribution in [0, 0.1) is 13.8 Å². The predicted octanol–water partition coefficient (Wildman–Crippen LogP) is 4.74. The fraction of sp³-hybridized carbons (Fsp3) is 0.105. The van der Waals surface area contributed by atoms with Crippen molar-refractivity contribution in [2.45, 2.75) is 13.8 Å². The first-order valence-electron chi connectivity index (χ1n) is 7.74. The number of rotatable bonds is 4. The molecule has 6 heteroatoms. The third kappa shape index (κ3) is 4.33. The van der Waals surface area contributed by atoms with E-state index in [9.17, 15) is 4.79 Å². The lowest BCUT2D eigenvalue weighted by Crippen LogP contribution is -2.13. The Morgan fingerprint density at radius 3 is 2.20 bits per heavy atom. The number of amides is 1. The van der Waals surface area contributed by atoms with Gasteiger partial charge in [-0.15, -0.1) is 0 Å².